The molecule has 38 heavy (non-hydrogen) atoms. The van der Waals surface area contributed by atoms with Crippen LogP contribution in [0.25, 0.3) is 22.8 Å². The zero-order valence-electron chi connectivity index (χ0n) is 19.6. The first-order valence-electron chi connectivity index (χ1n) is 11.3. The molecule has 0 spiro atoms. The second-order valence-electron chi connectivity index (χ2n) is 8.14. The van der Waals surface area contributed by atoms with Crippen LogP contribution < -0.4 is 0 Å². The van der Waals surface area contributed by atoms with Crippen molar-refractivity contribution in [3.8, 4) is 22.8 Å². The Bertz CT molecular complexity index is 1580. The number of nitrogens with zero attached hydrogens (tertiary/aromatic N) is 4. The van der Waals surface area contributed by atoms with Gasteiger partial charge in [-0.3, -0.25) is 18.7 Å². The minimum Gasteiger partial charge on any atom is -0.478 e. The Morgan fingerprint density at radius 2 is 0.921 bits per heavy atom. The smallest absolute Gasteiger partial charge is 0.336 e. The van der Waals surface area contributed by atoms with Crippen molar-refractivity contribution in [3.05, 3.63) is 120 Å². The Balaban J connectivity index is 1.67. The van der Waals surface area contributed by atoms with E-state index in [0.29, 0.717) is 11.1 Å². The summed E-state index contributed by atoms with van der Waals surface area (Å²) in [6.07, 6.45) is 5.50. The largest absolute Gasteiger partial charge is 0.478 e. The van der Waals surface area contributed by atoms with E-state index in [2.05, 4.69) is 9.97 Å². The Hall–Kier alpha value is -5.64. The third-order valence-corrected chi connectivity index (χ3v) is 5.86. The van der Waals surface area contributed by atoms with Gasteiger partial charge in [0, 0.05) is 35.9 Å². The topological polar surface area (TPSA) is 144 Å². The maximum Gasteiger partial charge on any atom is 0.336 e. The quantitative estimate of drug-likeness (QED) is 0.349. The van der Waals surface area contributed by atoms with Gasteiger partial charge in [0.05, 0.1) is 22.3 Å². The van der Waals surface area contributed by atoms with Gasteiger partial charge in [-0.2, -0.15) is 0 Å². The molecule has 0 amide bonds. The third kappa shape index (κ3) is 4.26. The average Bonchev–Trinajstić information content (AvgIpc) is 3.63. The molecule has 2 heterocycles. The number of aromatic carboxylic acids is 2. The lowest BCUT2D eigenvalue weighted by Gasteiger charge is -2.14. The molecule has 2 aromatic heterocycles. The summed E-state index contributed by atoms with van der Waals surface area (Å²) in [5.74, 6) is -4.13. The van der Waals surface area contributed by atoms with Crippen molar-refractivity contribution in [2.75, 3.05) is 0 Å². The summed E-state index contributed by atoms with van der Waals surface area (Å²) in [7, 11) is 0. The van der Waals surface area contributed by atoms with Gasteiger partial charge in [-0.25, -0.2) is 19.6 Å². The summed E-state index contributed by atoms with van der Waals surface area (Å²) >= 11 is 0. The van der Waals surface area contributed by atoms with Gasteiger partial charge in [0.25, 0.3) is 11.8 Å². The number of carbonyl (C=O) groups is 4. The fraction of sp³-hybridized carbons (Fsp3) is 0. The highest BCUT2D eigenvalue weighted by Crippen LogP contribution is 2.25. The van der Waals surface area contributed by atoms with Crippen LogP contribution >= 0.6 is 0 Å². The van der Waals surface area contributed by atoms with Gasteiger partial charge in [-0.1, -0.05) is 60.7 Å². The van der Waals surface area contributed by atoms with E-state index in [1.54, 1.807) is 60.7 Å². The van der Waals surface area contributed by atoms with E-state index in [-0.39, 0.29) is 22.8 Å². The number of carbonyl (C=O) groups excluding carboxylic acids is 2. The van der Waals surface area contributed by atoms with Gasteiger partial charge in [0.15, 0.2) is 0 Å². The maximum atomic E-state index is 13.6. The fourth-order valence-electron chi connectivity index (χ4n) is 4.10. The van der Waals surface area contributed by atoms with Crippen LogP contribution in [0.3, 0.4) is 0 Å². The Kier molecular flexibility index (Phi) is 6.20. The number of benzene rings is 3. The molecule has 3 aromatic carbocycles. The fourth-order valence-corrected chi connectivity index (χ4v) is 4.10. The molecule has 0 bridgehead atoms. The molecule has 0 saturated carbocycles. The summed E-state index contributed by atoms with van der Waals surface area (Å²) in [6.45, 7) is 0. The monoisotopic (exact) mass is 506 g/mol. The second-order valence-corrected chi connectivity index (χ2v) is 8.14. The molecule has 5 rings (SSSR count). The van der Waals surface area contributed by atoms with Gasteiger partial charge in [-0.15, -0.1) is 0 Å². The molecule has 10 nitrogen and oxygen atoms in total. The van der Waals surface area contributed by atoms with Crippen LogP contribution in [0.2, 0.25) is 0 Å². The van der Waals surface area contributed by atoms with Crippen molar-refractivity contribution in [1.29, 1.82) is 0 Å². The zero-order chi connectivity index (χ0) is 26.8. The standard InChI is InChI=1S/C28H18N4O6/c33-25(31-13-11-29-23(31)17-7-3-1-4-8-17)19-15-20(22(28(37)38)16-21(19)27(35)36)26(34)32-14-12-30-24(32)18-9-5-2-6-10-18/h1-16H,(H,35,36)(H,37,38). The Labute approximate surface area is 215 Å². The molecule has 0 radical (unpaired) electrons. The van der Waals surface area contributed by atoms with E-state index in [4.69, 9.17) is 0 Å². The summed E-state index contributed by atoms with van der Waals surface area (Å²) < 4.78 is 2.30. The van der Waals surface area contributed by atoms with Crippen molar-refractivity contribution in [1.82, 2.24) is 19.1 Å². The van der Waals surface area contributed by atoms with Crippen LogP contribution in [0, 0.1) is 0 Å². The number of carboxylic acids is 2. The second kappa shape index (κ2) is 9.78. The molecular formula is C28H18N4O6. The molecule has 0 saturated heterocycles. The van der Waals surface area contributed by atoms with E-state index in [1.807, 2.05) is 0 Å². The van der Waals surface area contributed by atoms with Crippen LogP contribution in [0.5, 0.6) is 0 Å². The van der Waals surface area contributed by atoms with Gasteiger partial charge >= 0.3 is 11.9 Å². The van der Waals surface area contributed by atoms with Crippen LogP contribution in [-0.4, -0.2) is 53.1 Å². The molecule has 0 aliphatic heterocycles. The van der Waals surface area contributed by atoms with Crippen molar-refractivity contribution >= 4 is 23.8 Å². The predicted molar refractivity (Wildman–Crippen MR) is 135 cm³/mol. The summed E-state index contributed by atoms with van der Waals surface area (Å²) in [4.78, 5) is 59.9. The lowest BCUT2D eigenvalue weighted by atomic mass is 9.96. The highest BCUT2D eigenvalue weighted by atomic mass is 16.4. The molecule has 0 fully saturated rings. The zero-order valence-corrected chi connectivity index (χ0v) is 19.6. The van der Waals surface area contributed by atoms with Gasteiger partial charge in [-0.05, 0) is 12.1 Å². The first-order chi connectivity index (χ1) is 18.4. The minimum absolute atomic E-state index is 0.253. The number of carboxylic acid groups (broad SMARTS) is 2. The average molecular weight is 506 g/mol. The molecule has 0 aliphatic carbocycles. The number of aromatic nitrogens is 4. The van der Waals surface area contributed by atoms with Crippen LogP contribution in [-0.2, 0) is 0 Å². The molecule has 2 N–H and O–H groups in total. The Morgan fingerprint density at radius 1 is 0.553 bits per heavy atom. The molecule has 0 aliphatic rings. The lowest BCUT2D eigenvalue weighted by Crippen LogP contribution is -2.22. The maximum absolute atomic E-state index is 13.6. The predicted octanol–water partition coefficient (Wildman–Crippen LogP) is 4.19. The van der Waals surface area contributed by atoms with Crippen molar-refractivity contribution in [2.45, 2.75) is 0 Å². The van der Waals surface area contributed by atoms with Crippen molar-refractivity contribution in [2.24, 2.45) is 0 Å². The highest BCUT2D eigenvalue weighted by molar-refractivity contribution is 6.13. The molecule has 10 heteroatoms. The molecule has 5 aromatic rings. The van der Waals surface area contributed by atoms with Crippen LogP contribution in [0.4, 0.5) is 0 Å². The number of imidazole rings is 2. The van der Waals surface area contributed by atoms with E-state index >= 15 is 0 Å². The Morgan fingerprint density at radius 3 is 1.29 bits per heavy atom. The first kappa shape index (κ1) is 24.1. The molecule has 0 unspecified atom stereocenters. The molecule has 186 valence electrons. The van der Waals surface area contributed by atoms with Crippen molar-refractivity contribution in [3.63, 3.8) is 0 Å². The van der Waals surface area contributed by atoms with E-state index in [0.717, 1.165) is 21.3 Å². The van der Waals surface area contributed by atoms with Crippen LogP contribution in [0.15, 0.2) is 97.6 Å². The lowest BCUT2D eigenvalue weighted by molar-refractivity contribution is 0.0688. The normalized spacial score (nSPS) is 10.7. The minimum atomic E-state index is -1.52. The highest BCUT2D eigenvalue weighted by Gasteiger charge is 2.28. The molecule has 0 atom stereocenters. The number of hydrogen-bond donors (Lipinski definition) is 2. The first-order valence-corrected chi connectivity index (χ1v) is 11.3. The summed E-state index contributed by atoms with van der Waals surface area (Å²) in [5.41, 5.74) is -0.667. The van der Waals surface area contributed by atoms with E-state index < -0.39 is 34.9 Å². The number of hydrogen-bond acceptors (Lipinski definition) is 6. The van der Waals surface area contributed by atoms with E-state index in [9.17, 15) is 29.4 Å². The summed E-state index contributed by atoms with van der Waals surface area (Å²) in [5, 5.41) is 19.7. The van der Waals surface area contributed by atoms with Crippen LogP contribution in [0.1, 0.15) is 41.4 Å². The third-order valence-electron chi connectivity index (χ3n) is 5.86. The SMILES string of the molecule is O=C(O)c1cc(C(=O)O)c(C(=O)n2ccnc2-c2ccccc2)cc1C(=O)n1ccnc1-c1ccccc1. The van der Waals surface area contributed by atoms with Crippen molar-refractivity contribution < 1.29 is 29.4 Å². The van der Waals surface area contributed by atoms with Gasteiger partial charge in [0.1, 0.15) is 11.6 Å². The molecular weight excluding hydrogens is 488 g/mol. The number of rotatable bonds is 6. The summed E-state index contributed by atoms with van der Waals surface area (Å²) in [6, 6.07) is 19.4. The van der Waals surface area contributed by atoms with Gasteiger partial charge < -0.3 is 10.2 Å². The van der Waals surface area contributed by atoms with E-state index in [1.165, 1.54) is 24.8 Å². The van der Waals surface area contributed by atoms with Gasteiger partial charge in [0.2, 0.25) is 0 Å².